The summed E-state index contributed by atoms with van der Waals surface area (Å²) in [5.74, 6) is 0. The number of aryl methyl sites for hydroxylation is 1. The Hall–Kier alpha value is -4.28. The van der Waals surface area contributed by atoms with Crippen LogP contribution in [0.25, 0.3) is 10.1 Å². The molecule has 3 heterocycles. The van der Waals surface area contributed by atoms with Gasteiger partial charge in [0.25, 0.3) is 6.71 Å². The predicted octanol–water partition coefficient (Wildman–Crippen LogP) is 15.6. The molecule has 336 valence electrons. The number of thiophene rings is 1. The SMILES string of the molecule is Cc1cc2c3c(c1)N(c1ccc4c(c1)C(C)(C)CCC4(C)C)c1c(sc4cc5c(cc14)C(C)(C)CCC5(C)C)B3c1cc3c(cc1N2c1ccc(C(C)(C)C)cc1)C(C)(C)CCC3(C)C. The second-order valence-corrected chi connectivity index (χ2v) is 27.4. The average Bonchev–Trinajstić information content (AvgIpc) is 3.60. The third kappa shape index (κ3) is 6.30. The van der Waals surface area contributed by atoms with Crippen LogP contribution in [0.4, 0.5) is 34.1 Å². The lowest BCUT2D eigenvalue weighted by atomic mass is 9.35. The topological polar surface area (TPSA) is 6.48 Å². The molecule has 5 aliphatic rings. The van der Waals surface area contributed by atoms with E-state index in [1.54, 1.807) is 5.56 Å². The van der Waals surface area contributed by atoms with Crippen molar-refractivity contribution in [2.24, 2.45) is 0 Å². The smallest absolute Gasteiger partial charge is 0.264 e. The molecule has 0 radical (unpaired) electrons. The maximum atomic E-state index is 2.75. The summed E-state index contributed by atoms with van der Waals surface area (Å²) in [6.45, 7) is 39.2. The van der Waals surface area contributed by atoms with Crippen molar-refractivity contribution in [1.82, 2.24) is 0 Å². The van der Waals surface area contributed by atoms with E-state index in [-0.39, 0.29) is 44.6 Å². The summed E-state index contributed by atoms with van der Waals surface area (Å²) < 4.78 is 2.92. The molecule has 6 aromatic rings. The third-order valence-corrected chi connectivity index (χ3v) is 19.0. The maximum Gasteiger partial charge on any atom is 0.264 e. The van der Waals surface area contributed by atoms with Crippen molar-refractivity contribution in [3.63, 3.8) is 0 Å². The van der Waals surface area contributed by atoms with E-state index in [0.29, 0.717) is 0 Å². The summed E-state index contributed by atoms with van der Waals surface area (Å²) in [4.78, 5) is 5.42. The molecule has 0 fully saturated rings. The van der Waals surface area contributed by atoms with Gasteiger partial charge in [-0.25, -0.2) is 0 Å². The monoisotopic (exact) mass is 877 g/mol. The molecular formula is C61H73BN2S. The highest BCUT2D eigenvalue weighted by atomic mass is 32.1. The molecule has 0 unspecified atom stereocenters. The minimum absolute atomic E-state index is 0.0704. The average molecular weight is 877 g/mol. The number of hydrogen-bond donors (Lipinski definition) is 0. The lowest BCUT2D eigenvalue weighted by Gasteiger charge is -2.47. The van der Waals surface area contributed by atoms with E-state index >= 15 is 0 Å². The summed E-state index contributed by atoms with van der Waals surface area (Å²) in [6, 6.07) is 32.9. The first kappa shape index (κ1) is 43.3. The Morgan fingerprint density at radius 3 is 1.49 bits per heavy atom. The second kappa shape index (κ2) is 13.5. The Kier molecular flexibility index (Phi) is 8.96. The van der Waals surface area contributed by atoms with Gasteiger partial charge < -0.3 is 9.80 Å². The van der Waals surface area contributed by atoms with Gasteiger partial charge in [0, 0.05) is 43.3 Å². The maximum absolute atomic E-state index is 2.75. The van der Waals surface area contributed by atoms with E-state index < -0.39 is 0 Å². The first-order chi connectivity index (χ1) is 30.2. The van der Waals surface area contributed by atoms with Gasteiger partial charge in [-0.1, -0.05) is 128 Å². The highest BCUT2D eigenvalue weighted by Gasteiger charge is 2.49. The third-order valence-electron chi connectivity index (χ3n) is 17.8. The Labute approximate surface area is 396 Å². The molecule has 3 aliphatic carbocycles. The van der Waals surface area contributed by atoms with Crippen molar-refractivity contribution in [3.05, 3.63) is 123 Å². The Morgan fingerprint density at radius 2 is 0.938 bits per heavy atom. The zero-order chi connectivity index (χ0) is 46.3. The van der Waals surface area contributed by atoms with Gasteiger partial charge in [-0.15, -0.1) is 11.3 Å². The number of nitrogens with zero attached hydrogens (tertiary/aromatic N) is 2. The number of rotatable bonds is 2. The fourth-order valence-electron chi connectivity index (χ4n) is 13.1. The van der Waals surface area contributed by atoms with Crippen molar-refractivity contribution in [1.29, 1.82) is 0 Å². The van der Waals surface area contributed by atoms with Crippen LogP contribution in [0, 0.1) is 6.92 Å². The van der Waals surface area contributed by atoms with Gasteiger partial charge in [-0.05, 0) is 193 Å². The number of hydrogen-bond acceptors (Lipinski definition) is 3. The van der Waals surface area contributed by atoms with Gasteiger partial charge in [0.05, 0.1) is 5.69 Å². The minimum atomic E-state index is 0.0704. The second-order valence-electron chi connectivity index (χ2n) is 26.3. The lowest BCUT2D eigenvalue weighted by Crippen LogP contribution is -2.61. The van der Waals surface area contributed by atoms with Crippen LogP contribution in [-0.4, -0.2) is 6.71 Å². The van der Waals surface area contributed by atoms with E-state index in [1.165, 1.54) is 137 Å². The Balaban J connectivity index is 1.27. The van der Waals surface area contributed by atoms with Crippen LogP contribution >= 0.6 is 11.3 Å². The highest BCUT2D eigenvalue weighted by molar-refractivity contribution is 7.33. The normalized spacial score (nSPS) is 21.2. The zero-order valence-electron chi connectivity index (χ0n) is 42.6. The number of anilines is 6. The van der Waals surface area contributed by atoms with Crippen LogP contribution in [0.15, 0.2) is 78.9 Å². The van der Waals surface area contributed by atoms with Gasteiger partial charge in [0.15, 0.2) is 0 Å². The first-order valence-electron chi connectivity index (χ1n) is 25.0. The standard InChI is InChI=1S/C61H73BN2S/c1-36-29-49-52-50(30-36)64(39-21-22-41-42(31-39)57(7,8)24-23-56(41,5)6)53-40-32-43-46(61(15,16)28-25-58(43,9)10)35-51(40)65-54(53)62(52)47-33-44-45(60(13,14)27-26-59(44,11)12)34-48(47)63(49)38-19-17-37(18-20-38)55(2,3)4/h17-22,29-35H,23-28H2,1-16H3. The van der Waals surface area contributed by atoms with Gasteiger partial charge in [-0.2, -0.15) is 0 Å². The highest BCUT2D eigenvalue weighted by Crippen LogP contribution is 2.55. The predicted molar refractivity (Wildman–Crippen MR) is 285 cm³/mol. The molecule has 11 rings (SSSR count). The lowest BCUT2D eigenvalue weighted by molar-refractivity contribution is 0.332. The molecule has 0 spiro atoms. The summed E-state index contributed by atoms with van der Waals surface area (Å²) >= 11 is 2.09. The Bertz CT molecular complexity index is 3000. The molecule has 65 heavy (non-hydrogen) atoms. The van der Waals surface area contributed by atoms with E-state index in [4.69, 9.17) is 0 Å². The van der Waals surface area contributed by atoms with Gasteiger partial charge >= 0.3 is 0 Å². The molecule has 5 aromatic carbocycles. The van der Waals surface area contributed by atoms with Crippen LogP contribution in [-0.2, 0) is 37.9 Å². The molecule has 0 bridgehead atoms. The summed E-state index contributed by atoms with van der Waals surface area (Å²) in [5, 5.41) is 1.42. The molecule has 0 saturated heterocycles. The molecule has 0 amide bonds. The van der Waals surface area contributed by atoms with E-state index in [1.807, 2.05) is 0 Å². The molecule has 1 aromatic heterocycles. The fraction of sp³-hybridized carbons (Fsp3) is 0.475. The summed E-state index contributed by atoms with van der Waals surface area (Å²) in [7, 11) is 0. The van der Waals surface area contributed by atoms with Crippen LogP contribution in [0.1, 0.15) is 187 Å². The van der Waals surface area contributed by atoms with Crippen molar-refractivity contribution in [3.8, 4) is 0 Å². The van der Waals surface area contributed by atoms with Crippen LogP contribution in [0.5, 0.6) is 0 Å². The summed E-state index contributed by atoms with van der Waals surface area (Å²) in [6.07, 6.45) is 7.21. The number of benzene rings is 5. The van der Waals surface area contributed by atoms with Crippen molar-refractivity contribution in [2.75, 3.05) is 9.80 Å². The van der Waals surface area contributed by atoms with Crippen LogP contribution < -0.4 is 25.5 Å². The van der Waals surface area contributed by atoms with Gasteiger partial charge in [-0.3, -0.25) is 0 Å². The molecule has 0 saturated carbocycles. The van der Waals surface area contributed by atoms with E-state index in [0.717, 1.165) is 0 Å². The van der Waals surface area contributed by atoms with Crippen molar-refractivity contribution < 1.29 is 0 Å². The Morgan fingerprint density at radius 1 is 0.477 bits per heavy atom. The van der Waals surface area contributed by atoms with E-state index in [9.17, 15) is 0 Å². The van der Waals surface area contributed by atoms with E-state index in [2.05, 4.69) is 211 Å². The molecule has 0 atom stereocenters. The van der Waals surface area contributed by atoms with Crippen molar-refractivity contribution >= 4 is 78.0 Å². The first-order valence-corrected chi connectivity index (χ1v) is 25.8. The quantitative estimate of drug-likeness (QED) is 0.160. The molecule has 4 heteroatoms. The van der Waals surface area contributed by atoms with Crippen LogP contribution in [0.3, 0.4) is 0 Å². The largest absolute Gasteiger partial charge is 0.311 e. The van der Waals surface area contributed by atoms with Crippen LogP contribution in [0.2, 0.25) is 0 Å². The van der Waals surface area contributed by atoms with Gasteiger partial charge in [0.1, 0.15) is 0 Å². The van der Waals surface area contributed by atoms with Crippen molar-refractivity contribution in [2.45, 2.75) is 187 Å². The zero-order valence-corrected chi connectivity index (χ0v) is 43.4. The molecule has 2 aliphatic heterocycles. The number of fused-ring (bicyclic) bond motifs is 9. The minimum Gasteiger partial charge on any atom is -0.311 e. The molecular weight excluding hydrogens is 804 g/mol. The fourth-order valence-corrected chi connectivity index (χ4v) is 14.4. The molecule has 2 nitrogen and oxygen atoms in total. The summed E-state index contributed by atoms with van der Waals surface area (Å²) in [5.41, 5.74) is 23.4. The molecule has 0 N–H and O–H groups in total. The van der Waals surface area contributed by atoms with Gasteiger partial charge in [0.2, 0.25) is 0 Å².